The molecule has 2 aromatic rings. The highest BCUT2D eigenvalue weighted by Crippen LogP contribution is 2.24. The summed E-state index contributed by atoms with van der Waals surface area (Å²) in [6.07, 6.45) is 1.82. The third-order valence-electron chi connectivity index (χ3n) is 3.86. The van der Waals surface area contributed by atoms with E-state index in [1.54, 1.807) is 18.2 Å². The largest absolute Gasteiger partial charge is 0.490 e. The Kier molecular flexibility index (Phi) is 5.23. The summed E-state index contributed by atoms with van der Waals surface area (Å²) in [4.78, 5) is 12.4. The van der Waals surface area contributed by atoms with Gasteiger partial charge in [-0.3, -0.25) is 4.79 Å². The molecule has 1 atom stereocenters. The van der Waals surface area contributed by atoms with Gasteiger partial charge in [-0.1, -0.05) is 12.1 Å². The van der Waals surface area contributed by atoms with Crippen LogP contribution in [0.1, 0.15) is 23.2 Å². The standard InChI is InChI=1S/C18H16F3NO3/c19-13-7-8-14(17(21)16(13)20)22-18(23)12-5-1-2-6-15(12)25-10-11-4-3-9-24-11/h1-2,5-8,11H,3-4,9-10H2,(H,22,23). The lowest BCUT2D eigenvalue weighted by Crippen LogP contribution is -2.19. The molecular weight excluding hydrogens is 335 g/mol. The van der Waals surface area contributed by atoms with Crippen LogP contribution < -0.4 is 10.1 Å². The van der Waals surface area contributed by atoms with Crippen molar-refractivity contribution in [3.8, 4) is 5.75 Å². The van der Waals surface area contributed by atoms with E-state index in [0.717, 1.165) is 25.0 Å². The van der Waals surface area contributed by atoms with Gasteiger partial charge in [-0.15, -0.1) is 0 Å². The minimum atomic E-state index is -1.64. The first-order chi connectivity index (χ1) is 12.1. The number of carbonyl (C=O) groups excluding carboxylic acids is 1. The first-order valence-corrected chi connectivity index (χ1v) is 7.84. The van der Waals surface area contributed by atoms with Gasteiger partial charge in [0.15, 0.2) is 17.5 Å². The van der Waals surface area contributed by atoms with Crippen LogP contribution in [0.5, 0.6) is 5.75 Å². The lowest BCUT2D eigenvalue weighted by molar-refractivity contribution is 0.0673. The molecule has 132 valence electrons. The minimum Gasteiger partial charge on any atom is -0.490 e. The second-order valence-corrected chi connectivity index (χ2v) is 5.62. The molecule has 1 aliphatic heterocycles. The lowest BCUT2D eigenvalue weighted by atomic mass is 10.1. The summed E-state index contributed by atoms with van der Waals surface area (Å²) in [5, 5.41) is 2.23. The molecule has 1 aliphatic rings. The SMILES string of the molecule is O=C(Nc1ccc(F)c(F)c1F)c1ccccc1OCC1CCCO1. The van der Waals surface area contributed by atoms with Gasteiger partial charge in [0.05, 0.1) is 17.4 Å². The molecule has 0 saturated carbocycles. The molecule has 2 aromatic carbocycles. The van der Waals surface area contributed by atoms with Gasteiger partial charge in [0, 0.05) is 6.61 Å². The fraction of sp³-hybridized carbons (Fsp3) is 0.278. The maximum atomic E-state index is 13.7. The van der Waals surface area contributed by atoms with Crippen molar-refractivity contribution in [2.75, 3.05) is 18.5 Å². The third kappa shape index (κ3) is 3.93. The highest BCUT2D eigenvalue weighted by atomic mass is 19.2. The van der Waals surface area contributed by atoms with Gasteiger partial charge in [-0.25, -0.2) is 13.2 Å². The van der Waals surface area contributed by atoms with Gasteiger partial charge in [0.2, 0.25) is 0 Å². The number of benzene rings is 2. The predicted octanol–water partition coefficient (Wildman–Crippen LogP) is 3.91. The number of ether oxygens (including phenoxy) is 2. The Morgan fingerprint density at radius 1 is 1.16 bits per heavy atom. The van der Waals surface area contributed by atoms with Crippen LogP contribution in [0.25, 0.3) is 0 Å². The normalized spacial score (nSPS) is 16.7. The molecule has 0 bridgehead atoms. The molecule has 1 amide bonds. The summed E-state index contributed by atoms with van der Waals surface area (Å²) in [6.45, 7) is 0.982. The molecule has 0 spiro atoms. The molecule has 0 aromatic heterocycles. The van der Waals surface area contributed by atoms with E-state index in [1.165, 1.54) is 6.07 Å². The smallest absolute Gasteiger partial charge is 0.259 e. The zero-order valence-electron chi connectivity index (χ0n) is 13.2. The van der Waals surface area contributed by atoms with Crippen molar-refractivity contribution >= 4 is 11.6 Å². The Hall–Kier alpha value is -2.54. The number of rotatable bonds is 5. The Labute approximate surface area is 142 Å². The van der Waals surface area contributed by atoms with Crippen molar-refractivity contribution in [2.45, 2.75) is 18.9 Å². The van der Waals surface area contributed by atoms with E-state index in [1.807, 2.05) is 0 Å². The Balaban J connectivity index is 1.74. The number of hydrogen-bond donors (Lipinski definition) is 1. The fourth-order valence-corrected chi connectivity index (χ4v) is 2.55. The number of carbonyl (C=O) groups is 1. The molecule has 0 aliphatic carbocycles. The van der Waals surface area contributed by atoms with E-state index in [9.17, 15) is 18.0 Å². The minimum absolute atomic E-state index is 0.0280. The lowest BCUT2D eigenvalue weighted by Gasteiger charge is -2.15. The number of amides is 1. The van der Waals surface area contributed by atoms with Crippen LogP contribution in [0.4, 0.5) is 18.9 Å². The maximum Gasteiger partial charge on any atom is 0.259 e. The molecule has 7 heteroatoms. The number of anilines is 1. The topological polar surface area (TPSA) is 47.6 Å². The predicted molar refractivity (Wildman–Crippen MR) is 85.2 cm³/mol. The monoisotopic (exact) mass is 351 g/mol. The van der Waals surface area contributed by atoms with Crippen molar-refractivity contribution < 1.29 is 27.4 Å². The second-order valence-electron chi connectivity index (χ2n) is 5.62. The molecule has 1 N–H and O–H groups in total. The van der Waals surface area contributed by atoms with Crippen LogP contribution in [0.2, 0.25) is 0 Å². The average Bonchev–Trinajstić information content (AvgIpc) is 3.14. The fourth-order valence-electron chi connectivity index (χ4n) is 2.55. The zero-order valence-corrected chi connectivity index (χ0v) is 13.2. The molecule has 25 heavy (non-hydrogen) atoms. The van der Waals surface area contributed by atoms with E-state index in [2.05, 4.69) is 5.32 Å². The van der Waals surface area contributed by atoms with E-state index < -0.39 is 29.0 Å². The van der Waals surface area contributed by atoms with E-state index in [-0.39, 0.29) is 11.7 Å². The number of hydrogen-bond acceptors (Lipinski definition) is 3. The summed E-state index contributed by atoms with van der Waals surface area (Å²) in [7, 11) is 0. The van der Waals surface area contributed by atoms with Crippen LogP contribution in [0, 0.1) is 17.5 Å². The Bertz CT molecular complexity index is 776. The summed E-state index contributed by atoms with van der Waals surface area (Å²) in [6, 6.07) is 8.12. The van der Waals surface area contributed by atoms with Gasteiger partial charge in [0.25, 0.3) is 5.91 Å². The van der Waals surface area contributed by atoms with Crippen molar-refractivity contribution in [1.29, 1.82) is 0 Å². The number of nitrogens with one attached hydrogen (secondary N) is 1. The van der Waals surface area contributed by atoms with E-state index in [4.69, 9.17) is 9.47 Å². The second kappa shape index (κ2) is 7.57. The molecule has 1 saturated heterocycles. The van der Waals surface area contributed by atoms with E-state index in [0.29, 0.717) is 19.0 Å². The molecule has 1 fully saturated rings. The Morgan fingerprint density at radius 2 is 1.96 bits per heavy atom. The van der Waals surface area contributed by atoms with Gasteiger partial charge in [-0.05, 0) is 37.1 Å². The van der Waals surface area contributed by atoms with Gasteiger partial charge in [-0.2, -0.15) is 0 Å². The third-order valence-corrected chi connectivity index (χ3v) is 3.86. The molecule has 0 radical (unpaired) electrons. The highest BCUT2D eigenvalue weighted by molar-refractivity contribution is 6.06. The van der Waals surface area contributed by atoms with Crippen LogP contribution in [-0.2, 0) is 4.74 Å². The summed E-state index contributed by atoms with van der Waals surface area (Å²) in [5.74, 6) is -4.80. The first-order valence-electron chi connectivity index (χ1n) is 7.84. The van der Waals surface area contributed by atoms with Crippen molar-refractivity contribution in [2.24, 2.45) is 0 Å². The number of para-hydroxylation sites is 1. The summed E-state index contributed by atoms with van der Waals surface area (Å²) < 4.78 is 51.1. The van der Waals surface area contributed by atoms with Crippen LogP contribution >= 0.6 is 0 Å². The van der Waals surface area contributed by atoms with E-state index >= 15 is 0 Å². The van der Waals surface area contributed by atoms with Crippen LogP contribution in [-0.4, -0.2) is 25.2 Å². The molecule has 4 nitrogen and oxygen atoms in total. The maximum absolute atomic E-state index is 13.7. The summed E-state index contributed by atoms with van der Waals surface area (Å²) in [5.41, 5.74) is -0.289. The first kappa shape index (κ1) is 17.3. The quantitative estimate of drug-likeness (QED) is 0.831. The summed E-state index contributed by atoms with van der Waals surface area (Å²) >= 11 is 0. The van der Waals surface area contributed by atoms with Gasteiger partial charge < -0.3 is 14.8 Å². The molecule has 3 rings (SSSR count). The highest BCUT2D eigenvalue weighted by Gasteiger charge is 2.20. The van der Waals surface area contributed by atoms with Crippen LogP contribution in [0.15, 0.2) is 36.4 Å². The molecule has 1 unspecified atom stereocenters. The Morgan fingerprint density at radius 3 is 2.72 bits per heavy atom. The van der Waals surface area contributed by atoms with Crippen molar-refractivity contribution in [1.82, 2.24) is 0 Å². The van der Waals surface area contributed by atoms with Crippen LogP contribution in [0.3, 0.4) is 0 Å². The number of halogens is 3. The zero-order chi connectivity index (χ0) is 17.8. The van der Waals surface area contributed by atoms with Gasteiger partial charge >= 0.3 is 0 Å². The van der Waals surface area contributed by atoms with Crippen molar-refractivity contribution in [3.63, 3.8) is 0 Å². The molecular formula is C18H16F3NO3. The van der Waals surface area contributed by atoms with Gasteiger partial charge in [0.1, 0.15) is 12.4 Å². The average molecular weight is 351 g/mol. The molecule has 1 heterocycles. The van der Waals surface area contributed by atoms with Crippen molar-refractivity contribution in [3.05, 3.63) is 59.4 Å².